The van der Waals surface area contributed by atoms with Crippen LogP contribution in [0.25, 0.3) is 16.8 Å². The van der Waals surface area contributed by atoms with Crippen molar-refractivity contribution in [2.45, 2.75) is 39.3 Å². The van der Waals surface area contributed by atoms with E-state index in [0.717, 1.165) is 74.7 Å². The fraction of sp³-hybridized carbons (Fsp3) is 0.200. The van der Waals surface area contributed by atoms with Crippen molar-refractivity contribution < 1.29 is 4.79 Å². The van der Waals surface area contributed by atoms with E-state index >= 15 is 0 Å². The lowest BCUT2D eigenvalue weighted by Crippen LogP contribution is -2.16. The topological polar surface area (TPSA) is 63.4 Å². The molecule has 0 atom stereocenters. The number of anilines is 2. The second kappa shape index (κ2) is 10.7. The highest BCUT2D eigenvalue weighted by Crippen LogP contribution is 2.38. The number of carbonyl (C=O) groups excluding carboxylic acids is 1. The van der Waals surface area contributed by atoms with Gasteiger partial charge < -0.3 is 15.2 Å². The quantitative estimate of drug-likeness (QED) is 0.200. The van der Waals surface area contributed by atoms with E-state index in [1.54, 1.807) is 12.1 Å². The van der Waals surface area contributed by atoms with Gasteiger partial charge in [0.15, 0.2) is 5.82 Å². The molecule has 0 aliphatic carbocycles. The second-order valence-corrected chi connectivity index (χ2v) is 11.5. The summed E-state index contributed by atoms with van der Waals surface area (Å²) < 4.78 is 5.08. The number of hydrogen-bond donors (Lipinski definition) is 2. The average molecular weight is 623 g/mol. The van der Waals surface area contributed by atoms with Crippen molar-refractivity contribution in [2.75, 3.05) is 10.6 Å². The normalized spacial score (nSPS) is 12.9. The van der Waals surface area contributed by atoms with Crippen molar-refractivity contribution in [1.29, 1.82) is 0 Å². The maximum atomic E-state index is 14.0. The summed E-state index contributed by atoms with van der Waals surface area (Å²) in [5, 5.41) is 12.9. The number of nitrogens with zero attached hydrogens (tertiary/aromatic N) is 3. The Morgan fingerprint density at radius 2 is 1.85 bits per heavy atom. The van der Waals surface area contributed by atoms with E-state index in [1.807, 2.05) is 66.0 Å². The number of rotatable bonds is 6. The number of hydrogen-bond acceptors (Lipinski definition) is 3. The monoisotopic (exact) mass is 621 g/mol. The molecule has 39 heavy (non-hydrogen) atoms. The molecule has 0 bridgehead atoms. The third-order valence-electron chi connectivity index (χ3n) is 7.20. The van der Waals surface area contributed by atoms with Gasteiger partial charge in [0, 0.05) is 43.6 Å². The third-order valence-corrected chi connectivity index (χ3v) is 8.37. The van der Waals surface area contributed by atoms with Crippen LogP contribution in [0.1, 0.15) is 40.3 Å². The van der Waals surface area contributed by atoms with Gasteiger partial charge in [0.05, 0.1) is 6.54 Å². The van der Waals surface area contributed by atoms with Gasteiger partial charge in [-0.3, -0.25) is 4.79 Å². The molecule has 0 fully saturated rings. The summed E-state index contributed by atoms with van der Waals surface area (Å²) in [6.45, 7) is 3.34. The number of aromatic nitrogens is 3. The highest BCUT2D eigenvalue weighted by Gasteiger charge is 2.30. The summed E-state index contributed by atoms with van der Waals surface area (Å²) in [5.74, 6) is 0.638. The Morgan fingerprint density at radius 1 is 1.05 bits per heavy atom. The van der Waals surface area contributed by atoms with Crippen LogP contribution in [0.2, 0.25) is 10.0 Å². The van der Waals surface area contributed by atoms with Gasteiger partial charge in [-0.1, -0.05) is 63.4 Å². The maximum Gasteiger partial charge on any atom is 0.275 e. The molecule has 0 spiro atoms. The summed E-state index contributed by atoms with van der Waals surface area (Å²) in [7, 11) is 0. The van der Waals surface area contributed by atoms with E-state index in [9.17, 15) is 4.79 Å². The number of benzene rings is 3. The molecule has 1 aliphatic rings. The van der Waals surface area contributed by atoms with Crippen molar-refractivity contribution in [3.05, 3.63) is 104 Å². The number of amides is 1. The van der Waals surface area contributed by atoms with E-state index in [4.69, 9.17) is 28.3 Å². The number of halogens is 3. The molecular formula is C30H26BrCl2N5O. The van der Waals surface area contributed by atoms with Gasteiger partial charge in [0.2, 0.25) is 0 Å². The van der Waals surface area contributed by atoms with E-state index in [0.29, 0.717) is 22.9 Å². The molecule has 6 nitrogen and oxygen atoms in total. The van der Waals surface area contributed by atoms with Gasteiger partial charge in [0.25, 0.3) is 5.91 Å². The Labute approximate surface area is 245 Å². The van der Waals surface area contributed by atoms with Gasteiger partial charge in [-0.25, -0.2) is 4.52 Å². The Hall–Kier alpha value is -3.26. The van der Waals surface area contributed by atoms with Crippen LogP contribution in [-0.4, -0.2) is 20.1 Å². The first-order chi connectivity index (χ1) is 18.9. The number of nitrogens with one attached hydrogen (secondary N) is 2. The van der Waals surface area contributed by atoms with Gasteiger partial charge >= 0.3 is 0 Å². The third kappa shape index (κ3) is 4.95. The molecule has 1 aliphatic heterocycles. The molecule has 0 saturated heterocycles. The first-order valence-electron chi connectivity index (χ1n) is 12.9. The highest BCUT2D eigenvalue weighted by atomic mass is 79.9. The van der Waals surface area contributed by atoms with Crippen molar-refractivity contribution in [2.24, 2.45) is 0 Å². The molecule has 3 aromatic carbocycles. The van der Waals surface area contributed by atoms with Crippen LogP contribution < -0.4 is 10.6 Å². The van der Waals surface area contributed by atoms with Gasteiger partial charge in [-0.05, 0) is 79.8 Å². The van der Waals surface area contributed by atoms with Gasteiger partial charge in [0.1, 0.15) is 11.3 Å². The van der Waals surface area contributed by atoms with Crippen LogP contribution in [0.15, 0.2) is 71.2 Å². The molecule has 0 unspecified atom stereocenters. The lowest BCUT2D eigenvalue weighted by atomic mass is 9.98. The lowest BCUT2D eigenvalue weighted by molar-refractivity contribution is 0.102. The first-order valence-corrected chi connectivity index (χ1v) is 14.4. The summed E-state index contributed by atoms with van der Waals surface area (Å²) in [6.07, 6.45) is 2.93. The minimum absolute atomic E-state index is 0.230. The molecule has 198 valence electrons. The second-order valence-electron chi connectivity index (χ2n) is 9.70. The smallest absolute Gasteiger partial charge is 0.275 e. The van der Waals surface area contributed by atoms with Crippen LogP contribution in [0.5, 0.6) is 0 Å². The molecule has 0 radical (unpaired) electrons. The molecule has 6 rings (SSSR count). The van der Waals surface area contributed by atoms with Crippen LogP contribution in [-0.2, 0) is 19.5 Å². The molecule has 5 aromatic rings. The van der Waals surface area contributed by atoms with Crippen LogP contribution in [0.4, 0.5) is 11.4 Å². The molecular weight excluding hydrogens is 597 g/mol. The molecule has 3 heterocycles. The lowest BCUT2D eigenvalue weighted by Gasteiger charge is -2.12. The minimum atomic E-state index is -0.230. The molecule has 2 aromatic heterocycles. The Bertz CT molecular complexity index is 1710. The van der Waals surface area contributed by atoms with Crippen LogP contribution in [0, 0.1) is 6.92 Å². The van der Waals surface area contributed by atoms with Crippen molar-refractivity contribution in [3.8, 4) is 11.1 Å². The summed E-state index contributed by atoms with van der Waals surface area (Å²) in [4.78, 5) is 14.0. The Kier molecular flexibility index (Phi) is 7.14. The highest BCUT2D eigenvalue weighted by molar-refractivity contribution is 9.10. The van der Waals surface area contributed by atoms with Gasteiger partial charge in [-0.15, -0.1) is 0 Å². The fourth-order valence-corrected chi connectivity index (χ4v) is 5.93. The molecule has 2 N–H and O–H groups in total. The minimum Gasteiger partial charge on any atom is -0.377 e. The zero-order valence-electron chi connectivity index (χ0n) is 21.3. The predicted octanol–water partition coefficient (Wildman–Crippen LogP) is 8.38. The zero-order chi connectivity index (χ0) is 27.1. The van der Waals surface area contributed by atoms with Crippen molar-refractivity contribution in [3.63, 3.8) is 0 Å². The van der Waals surface area contributed by atoms with Gasteiger partial charge in [-0.2, -0.15) is 5.10 Å². The summed E-state index contributed by atoms with van der Waals surface area (Å²) in [5.41, 5.74) is 7.13. The summed E-state index contributed by atoms with van der Waals surface area (Å²) >= 11 is 16.1. The Balaban J connectivity index is 1.49. The van der Waals surface area contributed by atoms with Crippen LogP contribution >= 0.6 is 39.1 Å². The first kappa shape index (κ1) is 26.0. The predicted molar refractivity (Wildman–Crippen MR) is 162 cm³/mol. The molecule has 0 saturated carbocycles. The molecule has 9 heteroatoms. The van der Waals surface area contributed by atoms with Crippen molar-refractivity contribution in [1.82, 2.24) is 14.2 Å². The maximum absolute atomic E-state index is 14.0. The van der Waals surface area contributed by atoms with E-state index in [1.165, 1.54) is 0 Å². The van der Waals surface area contributed by atoms with Crippen LogP contribution in [0.3, 0.4) is 0 Å². The number of carbonyl (C=O) groups is 1. The Morgan fingerprint density at radius 3 is 2.64 bits per heavy atom. The number of aryl methyl sites for hydroxylation is 2. The van der Waals surface area contributed by atoms with E-state index < -0.39 is 0 Å². The van der Waals surface area contributed by atoms with E-state index in [-0.39, 0.29) is 5.91 Å². The average Bonchev–Trinajstić information content (AvgIpc) is 3.31. The van der Waals surface area contributed by atoms with E-state index in [2.05, 4.69) is 31.1 Å². The summed E-state index contributed by atoms with van der Waals surface area (Å²) in [6, 6.07) is 21.1. The standard InChI is InChI=1S/C30H26BrCl2N5O/c1-18-24(33)9-5-10-25(18)34-17-26-36-38-28(29(39)35-22-7-4-6-21(32)16-22)27(19-11-13-20(31)14-12-19)23-8-2-3-15-37(26)30(23)38/h4-7,9-14,16,34H,2-3,8,15,17H2,1H3,(H,35,39). The van der Waals surface area contributed by atoms with Crippen molar-refractivity contribution >= 4 is 62.1 Å². The SMILES string of the molecule is Cc1c(Cl)cccc1NCc1nn2c(C(=O)Nc3cccc(Cl)c3)c(-c3ccc(Br)cc3)c3c2n1CCCC3. The zero-order valence-corrected chi connectivity index (χ0v) is 24.4. The fourth-order valence-electron chi connectivity index (χ4n) is 5.30. The molecule has 1 amide bonds. The largest absolute Gasteiger partial charge is 0.377 e.